The summed E-state index contributed by atoms with van der Waals surface area (Å²) in [6.07, 6.45) is 0.966. The van der Waals surface area contributed by atoms with E-state index in [9.17, 15) is 9.18 Å². The Labute approximate surface area is 72.8 Å². The lowest BCUT2D eigenvalue weighted by Gasteiger charge is -2.27. The molecule has 0 aromatic carbocycles. The second kappa shape index (κ2) is 3.85. The number of ether oxygens (including phenoxy) is 1. The Kier molecular flexibility index (Phi) is 3.03. The topological polar surface area (TPSA) is 38.3 Å². The van der Waals surface area contributed by atoms with Gasteiger partial charge in [-0.3, -0.25) is 0 Å². The maximum Gasteiger partial charge on any atom is 0.345 e. The summed E-state index contributed by atoms with van der Waals surface area (Å²) in [7, 11) is 0. The van der Waals surface area contributed by atoms with Gasteiger partial charge in [0.05, 0.1) is 6.61 Å². The molecule has 0 amide bonds. The van der Waals surface area contributed by atoms with Gasteiger partial charge in [0.1, 0.15) is 0 Å². The molecule has 0 aromatic rings. The van der Waals surface area contributed by atoms with E-state index < -0.39 is 11.6 Å². The molecule has 0 radical (unpaired) electrons. The van der Waals surface area contributed by atoms with Crippen LogP contribution in [-0.2, 0) is 9.53 Å². The fourth-order valence-corrected chi connectivity index (χ4v) is 1.30. The van der Waals surface area contributed by atoms with Gasteiger partial charge in [-0.1, -0.05) is 0 Å². The van der Waals surface area contributed by atoms with Crippen molar-refractivity contribution in [1.29, 1.82) is 0 Å². The number of esters is 1. The Bertz CT molecular complexity index is 172. The second-order valence-electron chi connectivity index (χ2n) is 2.97. The molecule has 3 nitrogen and oxygen atoms in total. The molecule has 1 unspecified atom stereocenters. The predicted octanol–water partition coefficient (Wildman–Crippen LogP) is 0.887. The molecule has 1 aliphatic heterocycles. The number of hydrogen-bond acceptors (Lipinski definition) is 3. The van der Waals surface area contributed by atoms with E-state index in [2.05, 4.69) is 10.1 Å². The first-order valence-electron chi connectivity index (χ1n) is 4.26. The molecule has 0 aliphatic carbocycles. The van der Waals surface area contributed by atoms with Gasteiger partial charge in [-0.2, -0.15) is 0 Å². The lowest BCUT2D eigenvalue weighted by atomic mass is 9.96. The highest BCUT2D eigenvalue weighted by atomic mass is 19.1. The molecule has 1 heterocycles. The number of carbonyl (C=O) groups is 1. The molecule has 0 saturated carbocycles. The number of carbonyl (C=O) groups excluding carboxylic acids is 1. The van der Waals surface area contributed by atoms with Crippen molar-refractivity contribution in [2.24, 2.45) is 0 Å². The van der Waals surface area contributed by atoms with E-state index in [1.165, 1.54) is 0 Å². The highest BCUT2D eigenvalue weighted by Crippen LogP contribution is 2.22. The molecule has 1 atom stereocenters. The van der Waals surface area contributed by atoms with Crippen molar-refractivity contribution in [1.82, 2.24) is 5.32 Å². The first kappa shape index (κ1) is 9.45. The van der Waals surface area contributed by atoms with Gasteiger partial charge in [0.25, 0.3) is 0 Å². The van der Waals surface area contributed by atoms with Crippen LogP contribution in [0.25, 0.3) is 0 Å². The minimum atomic E-state index is -1.78. The summed E-state index contributed by atoms with van der Waals surface area (Å²) < 4.78 is 18.2. The number of piperidine rings is 1. The Morgan fingerprint density at radius 3 is 3.08 bits per heavy atom. The van der Waals surface area contributed by atoms with Crippen LogP contribution in [-0.4, -0.2) is 31.3 Å². The summed E-state index contributed by atoms with van der Waals surface area (Å²) in [4.78, 5) is 11.1. The van der Waals surface area contributed by atoms with Crippen LogP contribution in [0, 0.1) is 0 Å². The zero-order chi connectivity index (χ0) is 9.03. The molecule has 1 N–H and O–H groups in total. The van der Waals surface area contributed by atoms with Gasteiger partial charge in [-0.25, -0.2) is 9.18 Å². The molecule has 12 heavy (non-hydrogen) atoms. The minimum absolute atomic E-state index is 0. The Balaban J connectivity index is 0.00000144. The van der Waals surface area contributed by atoms with Crippen LogP contribution in [0.1, 0.15) is 21.2 Å². The first-order chi connectivity index (χ1) is 5.69. The number of halogens is 1. The molecule has 1 rings (SSSR count). The molecule has 0 aromatic heterocycles. The number of rotatable bonds is 2. The Morgan fingerprint density at radius 2 is 2.58 bits per heavy atom. The third-order valence-corrected chi connectivity index (χ3v) is 1.97. The summed E-state index contributed by atoms with van der Waals surface area (Å²) in [6, 6.07) is 0. The molecule has 0 bridgehead atoms. The van der Waals surface area contributed by atoms with Gasteiger partial charge in [-0.05, 0) is 26.3 Å². The maximum atomic E-state index is 13.6. The van der Waals surface area contributed by atoms with E-state index in [0.29, 0.717) is 6.42 Å². The molecule has 1 fully saturated rings. The predicted molar refractivity (Wildman–Crippen MR) is 44.7 cm³/mol. The van der Waals surface area contributed by atoms with Crippen molar-refractivity contribution in [3.63, 3.8) is 0 Å². The summed E-state index contributed by atoms with van der Waals surface area (Å²) in [5.41, 5.74) is -1.78. The summed E-state index contributed by atoms with van der Waals surface area (Å²) in [6.45, 7) is 2.79. The maximum absolute atomic E-state index is 13.6. The lowest BCUT2D eigenvalue weighted by molar-refractivity contribution is -0.158. The van der Waals surface area contributed by atoms with Gasteiger partial charge in [-0.15, -0.1) is 0 Å². The van der Waals surface area contributed by atoms with E-state index in [-0.39, 0.29) is 21.0 Å². The summed E-state index contributed by atoms with van der Waals surface area (Å²) in [5, 5.41) is 2.84. The molecule has 1 saturated heterocycles. The molecule has 72 valence electrons. The van der Waals surface area contributed by atoms with E-state index in [4.69, 9.17) is 0 Å². The van der Waals surface area contributed by atoms with Gasteiger partial charge >= 0.3 is 5.97 Å². The zero-order valence-electron chi connectivity index (χ0n) is 7.23. The van der Waals surface area contributed by atoms with E-state index in [1.807, 2.05) is 0 Å². The van der Waals surface area contributed by atoms with Crippen molar-refractivity contribution in [2.75, 3.05) is 19.7 Å². The smallest absolute Gasteiger partial charge is 0.345 e. The normalized spacial score (nSPS) is 29.8. The molecule has 1 aliphatic rings. The monoisotopic (exact) mass is 177 g/mol. The van der Waals surface area contributed by atoms with Crippen molar-refractivity contribution < 1.29 is 15.3 Å². The molecular weight excluding hydrogens is 161 g/mol. The van der Waals surface area contributed by atoms with E-state index >= 15 is 0 Å². The van der Waals surface area contributed by atoms with Crippen molar-refractivity contribution >= 4 is 5.97 Å². The summed E-state index contributed by atoms with van der Waals surface area (Å²) >= 11 is 0. The Hall–Kier alpha value is -0.640. The highest BCUT2D eigenvalue weighted by molar-refractivity contribution is 5.79. The fourth-order valence-electron chi connectivity index (χ4n) is 1.30. The van der Waals surface area contributed by atoms with Gasteiger partial charge in [0.2, 0.25) is 5.67 Å². The van der Waals surface area contributed by atoms with Crippen LogP contribution in [0.5, 0.6) is 0 Å². The summed E-state index contributed by atoms with van der Waals surface area (Å²) in [5.74, 6) is -0.725. The van der Waals surface area contributed by atoms with Crippen LogP contribution in [0.4, 0.5) is 4.39 Å². The highest BCUT2D eigenvalue weighted by Gasteiger charge is 2.41. The van der Waals surface area contributed by atoms with Crippen LogP contribution in [0.2, 0.25) is 0 Å². The zero-order valence-corrected chi connectivity index (χ0v) is 7.23. The number of alkyl halides is 1. The SMILES string of the molecule is CCOC(=O)C1(F)CCCNC1.[HH]. The van der Waals surface area contributed by atoms with Crippen LogP contribution in [0.15, 0.2) is 0 Å². The fraction of sp³-hybridized carbons (Fsp3) is 0.875. The van der Waals surface area contributed by atoms with Crippen molar-refractivity contribution in [2.45, 2.75) is 25.4 Å². The van der Waals surface area contributed by atoms with E-state index in [1.54, 1.807) is 6.92 Å². The average Bonchev–Trinajstić information content (AvgIpc) is 2.06. The van der Waals surface area contributed by atoms with Crippen molar-refractivity contribution in [3.8, 4) is 0 Å². The van der Waals surface area contributed by atoms with Gasteiger partial charge in [0, 0.05) is 7.97 Å². The molecular formula is C8H16FNO2. The van der Waals surface area contributed by atoms with Gasteiger partial charge in [0.15, 0.2) is 0 Å². The van der Waals surface area contributed by atoms with Crippen LogP contribution < -0.4 is 5.32 Å². The minimum Gasteiger partial charge on any atom is -0.464 e. The largest absolute Gasteiger partial charge is 0.464 e. The quantitative estimate of drug-likeness (QED) is 0.636. The second-order valence-corrected chi connectivity index (χ2v) is 2.97. The third kappa shape index (κ3) is 1.94. The van der Waals surface area contributed by atoms with Crippen molar-refractivity contribution in [3.05, 3.63) is 0 Å². The standard InChI is InChI=1S/C8H14FNO2.H2/c1-2-12-7(11)8(9)4-3-5-10-6-8;/h10H,2-6H2,1H3;1H. The molecule has 4 heteroatoms. The molecule has 0 spiro atoms. The lowest BCUT2D eigenvalue weighted by Crippen LogP contribution is -2.48. The third-order valence-electron chi connectivity index (χ3n) is 1.97. The first-order valence-corrected chi connectivity index (χ1v) is 4.26. The number of nitrogens with one attached hydrogen (secondary N) is 1. The average molecular weight is 177 g/mol. The number of hydrogen-bond donors (Lipinski definition) is 1. The van der Waals surface area contributed by atoms with Gasteiger partial charge < -0.3 is 10.1 Å². The van der Waals surface area contributed by atoms with Crippen LogP contribution in [0.3, 0.4) is 0 Å². The Morgan fingerprint density at radius 1 is 1.83 bits per heavy atom. The van der Waals surface area contributed by atoms with Crippen LogP contribution >= 0.6 is 0 Å². The van der Waals surface area contributed by atoms with E-state index in [0.717, 1.165) is 6.54 Å².